The Morgan fingerprint density at radius 2 is 2.17 bits per heavy atom. The molecule has 0 aliphatic heterocycles. The van der Waals surface area contributed by atoms with Gasteiger partial charge in [0.2, 0.25) is 0 Å². The lowest BCUT2D eigenvalue weighted by Gasteiger charge is -2.10. The van der Waals surface area contributed by atoms with Crippen LogP contribution in [-0.4, -0.2) is 25.0 Å². The first-order valence-electron chi connectivity index (χ1n) is 6.23. The number of rotatable bonds is 7. The van der Waals surface area contributed by atoms with Gasteiger partial charge in [-0.1, -0.05) is 15.9 Å². The molecule has 0 saturated heterocycles. The zero-order valence-corrected chi connectivity index (χ0v) is 11.8. The molecule has 4 nitrogen and oxygen atoms in total. The molecule has 0 heterocycles. The largest absolute Gasteiger partial charge is 0.384 e. The highest BCUT2D eigenvalue weighted by atomic mass is 79.9. The minimum atomic E-state index is -0.407. The van der Waals surface area contributed by atoms with Crippen LogP contribution in [0.4, 0.5) is 5.69 Å². The van der Waals surface area contributed by atoms with Gasteiger partial charge in [0.05, 0.1) is 5.56 Å². The lowest BCUT2D eigenvalue weighted by Crippen LogP contribution is -2.20. The highest BCUT2D eigenvalue weighted by Crippen LogP contribution is 2.21. The van der Waals surface area contributed by atoms with Crippen LogP contribution in [0, 0.1) is 0 Å². The first kappa shape index (κ1) is 13.4. The molecule has 0 bridgehead atoms. The maximum Gasteiger partial charge on any atom is 0.250 e. The van der Waals surface area contributed by atoms with E-state index in [0.717, 1.165) is 35.7 Å². The van der Waals surface area contributed by atoms with Crippen LogP contribution < -0.4 is 16.4 Å². The van der Waals surface area contributed by atoms with Crippen molar-refractivity contribution in [3.05, 3.63) is 28.2 Å². The van der Waals surface area contributed by atoms with Crippen LogP contribution in [-0.2, 0) is 0 Å². The summed E-state index contributed by atoms with van der Waals surface area (Å²) >= 11 is 3.33. The number of nitrogens with one attached hydrogen (secondary N) is 2. The fourth-order valence-electron chi connectivity index (χ4n) is 1.78. The molecule has 0 spiro atoms. The van der Waals surface area contributed by atoms with Gasteiger partial charge in [-0.3, -0.25) is 4.79 Å². The molecular weight excluding hydrogens is 294 g/mol. The van der Waals surface area contributed by atoms with Crippen molar-refractivity contribution in [1.82, 2.24) is 5.32 Å². The molecule has 5 heteroatoms. The Balaban J connectivity index is 1.81. The third-order valence-electron chi connectivity index (χ3n) is 2.93. The summed E-state index contributed by atoms with van der Waals surface area (Å²) in [6, 6.07) is 6.27. The van der Waals surface area contributed by atoms with Gasteiger partial charge in [-0.05, 0) is 44.0 Å². The van der Waals surface area contributed by atoms with Gasteiger partial charge >= 0.3 is 0 Å². The van der Waals surface area contributed by atoms with E-state index in [4.69, 9.17) is 5.73 Å². The first-order valence-corrected chi connectivity index (χ1v) is 7.03. The minimum absolute atomic E-state index is 0.407. The van der Waals surface area contributed by atoms with E-state index < -0.39 is 5.91 Å². The smallest absolute Gasteiger partial charge is 0.250 e. The third kappa shape index (κ3) is 3.99. The van der Waals surface area contributed by atoms with Gasteiger partial charge in [0.1, 0.15) is 0 Å². The average Bonchev–Trinajstić information content (AvgIpc) is 3.14. The Bertz CT molecular complexity index is 432. The fraction of sp³-hybridized carbons (Fsp3) is 0.462. The molecule has 98 valence electrons. The van der Waals surface area contributed by atoms with E-state index in [0.29, 0.717) is 5.56 Å². The van der Waals surface area contributed by atoms with Crippen LogP contribution in [0.15, 0.2) is 22.7 Å². The third-order valence-corrected chi connectivity index (χ3v) is 3.42. The second-order valence-electron chi connectivity index (χ2n) is 4.56. The van der Waals surface area contributed by atoms with Gasteiger partial charge < -0.3 is 16.4 Å². The Labute approximate surface area is 115 Å². The zero-order valence-electron chi connectivity index (χ0n) is 10.2. The number of benzene rings is 1. The van der Waals surface area contributed by atoms with Gasteiger partial charge in [0.15, 0.2) is 0 Å². The first-order chi connectivity index (χ1) is 8.66. The summed E-state index contributed by atoms with van der Waals surface area (Å²) in [4.78, 5) is 11.3. The lowest BCUT2D eigenvalue weighted by molar-refractivity contribution is 0.100. The van der Waals surface area contributed by atoms with Crippen LogP contribution in [0.3, 0.4) is 0 Å². The van der Waals surface area contributed by atoms with E-state index in [1.165, 1.54) is 12.8 Å². The number of nitrogens with two attached hydrogens (primary N) is 1. The number of carbonyl (C=O) groups excluding carboxylic acids is 1. The molecule has 1 aromatic carbocycles. The van der Waals surface area contributed by atoms with E-state index in [1.54, 1.807) is 6.07 Å². The molecule has 1 aliphatic carbocycles. The minimum Gasteiger partial charge on any atom is -0.384 e. The van der Waals surface area contributed by atoms with Crippen LogP contribution >= 0.6 is 15.9 Å². The standard InChI is InChI=1S/C13H18BrN3O/c14-9-2-5-12(11(8-9)13(15)18)17-7-1-6-16-10-3-4-10/h2,5,8,10,16-17H,1,3-4,6-7H2,(H2,15,18). The summed E-state index contributed by atoms with van der Waals surface area (Å²) in [7, 11) is 0. The van der Waals surface area contributed by atoms with Crippen molar-refractivity contribution in [3.63, 3.8) is 0 Å². The summed E-state index contributed by atoms with van der Waals surface area (Å²) < 4.78 is 0.859. The van der Waals surface area contributed by atoms with Gasteiger partial charge in [0.25, 0.3) is 5.91 Å². The number of hydrogen-bond acceptors (Lipinski definition) is 3. The molecule has 0 atom stereocenters. The van der Waals surface area contributed by atoms with E-state index in [-0.39, 0.29) is 0 Å². The van der Waals surface area contributed by atoms with Gasteiger partial charge in [-0.2, -0.15) is 0 Å². The molecule has 2 rings (SSSR count). The van der Waals surface area contributed by atoms with E-state index in [9.17, 15) is 4.79 Å². The maximum atomic E-state index is 11.3. The molecule has 1 aliphatic rings. The molecule has 0 aromatic heterocycles. The van der Waals surface area contributed by atoms with E-state index >= 15 is 0 Å². The monoisotopic (exact) mass is 311 g/mol. The van der Waals surface area contributed by atoms with Crippen LogP contribution in [0.1, 0.15) is 29.6 Å². The van der Waals surface area contributed by atoms with Gasteiger partial charge in [0, 0.05) is 22.7 Å². The zero-order chi connectivity index (χ0) is 13.0. The Morgan fingerprint density at radius 1 is 1.39 bits per heavy atom. The maximum absolute atomic E-state index is 11.3. The van der Waals surface area contributed by atoms with Gasteiger partial charge in [-0.15, -0.1) is 0 Å². The molecule has 0 unspecified atom stereocenters. The highest BCUT2D eigenvalue weighted by Gasteiger charge is 2.19. The number of carbonyl (C=O) groups is 1. The molecule has 1 amide bonds. The van der Waals surface area contributed by atoms with E-state index in [2.05, 4.69) is 26.6 Å². The Kier molecular flexibility index (Phi) is 4.60. The van der Waals surface area contributed by atoms with Gasteiger partial charge in [-0.25, -0.2) is 0 Å². The van der Waals surface area contributed by atoms with Crippen LogP contribution in [0.2, 0.25) is 0 Å². The predicted molar refractivity (Wildman–Crippen MR) is 76.8 cm³/mol. The van der Waals surface area contributed by atoms with Crippen molar-refractivity contribution >= 4 is 27.5 Å². The molecule has 1 aromatic rings. The lowest BCUT2D eigenvalue weighted by atomic mass is 10.1. The number of hydrogen-bond donors (Lipinski definition) is 3. The number of anilines is 1. The molecular formula is C13H18BrN3O. The fourth-order valence-corrected chi connectivity index (χ4v) is 2.14. The average molecular weight is 312 g/mol. The summed E-state index contributed by atoms with van der Waals surface area (Å²) in [6.45, 7) is 1.85. The second kappa shape index (κ2) is 6.20. The van der Waals surface area contributed by atoms with E-state index in [1.807, 2.05) is 12.1 Å². The topological polar surface area (TPSA) is 67.2 Å². The second-order valence-corrected chi connectivity index (χ2v) is 5.48. The SMILES string of the molecule is NC(=O)c1cc(Br)ccc1NCCCNC1CC1. The van der Waals surface area contributed by atoms with Crippen molar-refractivity contribution in [1.29, 1.82) is 0 Å². The summed E-state index contributed by atoms with van der Waals surface area (Å²) in [5.41, 5.74) is 6.68. The molecule has 18 heavy (non-hydrogen) atoms. The van der Waals surface area contributed by atoms with Crippen molar-refractivity contribution in [2.75, 3.05) is 18.4 Å². The molecule has 0 radical (unpaired) electrons. The quantitative estimate of drug-likeness (QED) is 0.676. The van der Waals surface area contributed by atoms with Crippen molar-refractivity contribution < 1.29 is 4.79 Å². The summed E-state index contributed by atoms with van der Waals surface area (Å²) in [5.74, 6) is -0.407. The number of halogens is 1. The predicted octanol–water partition coefficient (Wildman–Crippen LogP) is 2.10. The van der Waals surface area contributed by atoms with Crippen molar-refractivity contribution in [2.45, 2.75) is 25.3 Å². The molecule has 1 saturated carbocycles. The normalized spacial score (nSPS) is 14.5. The summed E-state index contributed by atoms with van der Waals surface area (Å²) in [6.07, 6.45) is 3.66. The van der Waals surface area contributed by atoms with Crippen LogP contribution in [0.5, 0.6) is 0 Å². The Morgan fingerprint density at radius 3 is 2.83 bits per heavy atom. The summed E-state index contributed by atoms with van der Waals surface area (Å²) in [5, 5.41) is 6.70. The molecule has 4 N–H and O–H groups in total. The Hall–Kier alpha value is -1.07. The molecule has 1 fully saturated rings. The van der Waals surface area contributed by atoms with Crippen LogP contribution in [0.25, 0.3) is 0 Å². The highest BCUT2D eigenvalue weighted by molar-refractivity contribution is 9.10. The van der Waals surface area contributed by atoms with Crippen molar-refractivity contribution in [3.8, 4) is 0 Å². The van der Waals surface area contributed by atoms with Crippen molar-refractivity contribution in [2.24, 2.45) is 5.73 Å². The number of primary amides is 1. The number of amides is 1.